The maximum absolute atomic E-state index is 10.4. The quantitative estimate of drug-likeness (QED) is 0.504. The minimum absolute atomic E-state index is 0.227. The van der Waals surface area contributed by atoms with Crippen molar-refractivity contribution in [3.63, 3.8) is 0 Å². The van der Waals surface area contributed by atoms with Gasteiger partial charge >= 0.3 is 0 Å². The molecule has 0 spiro atoms. The molecule has 0 aromatic carbocycles. The van der Waals surface area contributed by atoms with E-state index in [-0.39, 0.29) is 4.90 Å². The molecule has 0 radical (unpaired) electrons. The Hall–Kier alpha value is -0.590. The van der Waals surface area contributed by atoms with Gasteiger partial charge < -0.3 is 0 Å². The number of rotatable bonds is 1. The monoisotopic (exact) mass is 191 g/mol. The normalized spacial score (nSPS) is 11.5. The molecule has 1 heterocycles. The van der Waals surface area contributed by atoms with Gasteiger partial charge in [0.05, 0.1) is 5.03 Å². The van der Waals surface area contributed by atoms with Crippen LogP contribution in [-0.2, 0) is 10.1 Å². The molecule has 0 amide bonds. The third kappa shape index (κ3) is 2.18. The molecule has 0 aliphatic rings. The molecular weight excluding hydrogens is 186 g/mol. The van der Waals surface area contributed by atoms with Crippen LogP contribution in [0.15, 0.2) is 28.3 Å². The predicted octanol–water partition coefficient (Wildman–Crippen LogP) is 0.617. The van der Waals surface area contributed by atoms with E-state index < -0.39 is 10.1 Å². The zero-order valence-corrected chi connectivity index (χ0v) is 7.01. The SMILES string of the molecule is O=S(=O)(O)c1ccc(S)nc1. The van der Waals surface area contributed by atoms with Gasteiger partial charge in [-0.1, -0.05) is 0 Å². The molecular formula is C5H5NO3S2. The fraction of sp³-hybridized carbons (Fsp3) is 0. The van der Waals surface area contributed by atoms with Crippen LogP contribution in [0.4, 0.5) is 0 Å². The fourth-order valence-corrected chi connectivity index (χ4v) is 1.08. The third-order valence-corrected chi connectivity index (χ3v) is 2.12. The molecule has 1 aromatic rings. The molecule has 1 aromatic heterocycles. The van der Waals surface area contributed by atoms with Gasteiger partial charge in [-0.2, -0.15) is 8.42 Å². The Labute approximate surface area is 69.4 Å². The number of hydrogen-bond acceptors (Lipinski definition) is 4. The van der Waals surface area contributed by atoms with E-state index in [0.717, 1.165) is 6.20 Å². The molecule has 0 bridgehead atoms. The summed E-state index contributed by atoms with van der Waals surface area (Å²) in [6.45, 7) is 0. The first-order chi connectivity index (χ1) is 5.00. The van der Waals surface area contributed by atoms with Gasteiger partial charge in [-0.3, -0.25) is 4.55 Å². The van der Waals surface area contributed by atoms with E-state index in [9.17, 15) is 8.42 Å². The lowest BCUT2D eigenvalue weighted by Crippen LogP contribution is -1.97. The van der Waals surface area contributed by atoms with Crippen molar-refractivity contribution < 1.29 is 13.0 Å². The summed E-state index contributed by atoms with van der Waals surface area (Å²) in [6.07, 6.45) is 1.04. The van der Waals surface area contributed by atoms with Crippen LogP contribution in [0.5, 0.6) is 0 Å². The highest BCUT2D eigenvalue weighted by molar-refractivity contribution is 7.85. The molecule has 0 atom stereocenters. The number of nitrogens with zero attached hydrogens (tertiary/aromatic N) is 1. The first-order valence-electron chi connectivity index (χ1n) is 2.62. The predicted molar refractivity (Wildman–Crippen MR) is 41.3 cm³/mol. The van der Waals surface area contributed by atoms with Crippen LogP contribution < -0.4 is 0 Å². The summed E-state index contributed by atoms with van der Waals surface area (Å²) in [6, 6.07) is 2.61. The number of thiol groups is 1. The highest BCUT2D eigenvalue weighted by Crippen LogP contribution is 2.08. The Morgan fingerprint density at radius 2 is 2.09 bits per heavy atom. The van der Waals surface area contributed by atoms with E-state index in [1.165, 1.54) is 12.1 Å². The molecule has 4 nitrogen and oxygen atoms in total. The van der Waals surface area contributed by atoms with Gasteiger partial charge in [-0.15, -0.1) is 12.6 Å². The Bertz CT molecular complexity index is 342. The largest absolute Gasteiger partial charge is 0.296 e. The Balaban J connectivity index is 3.20. The lowest BCUT2D eigenvalue weighted by atomic mass is 10.5. The second kappa shape index (κ2) is 2.80. The van der Waals surface area contributed by atoms with Crippen LogP contribution in [0.2, 0.25) is 0 Å². The Morgan fingerprint density at radius 1 is 1.45 bits per heavy atom. The first-order valence-corrected chi connectivity index (χ1v) is 4.51. The second-order valence-electron chi connectivity index (χ2n) is 1.83. The van der Waals surface area contributed by atoms with Gasteiger partial charge in [0.25, 0.3) is 10.1 Å². The molecule has 0 unspecified atom stereocenters. The van der Waals surface area contributed by atoms with Gasteiger partial charge in [0.1, 0.15) is 4.90 Å². The molecule has 6 heteroatoms. The van der Waals surface area contributed by atoms with Crippen LogP contribution in [-0.4, -0.2) is 18.0 Å². The van der Waals surface area contributed by atoms with E-state index in [1.54, 1.807) is 0 Å². The van der Waals surface area contributed by atoms with Crippen molar-refractivity contribution in [1.82, 2.24) is 4.98 Å². The molecule has 1 rings (SSSR count). The Kier molecular flexibility index (Phi) is 2.17. The van der Waals surface area contributed by atoms with Crippen molar-refractivity contribution in [2.24, 2.45) is 0 Å². The molecule has 60 valence electrons. The molecule has 0 aliphatic carbocycles. The Morgan fingerprint density at radius 3 is 2.45 bits per heavy atom. The third-order valence-electron chi connectivity index (χ3n) is 1.02. The van der Waals surface area contributed by atoms with Crippen molar-refractivity contribution in [3.8, 4) is 0 Å². The zero-order chi connectivity index (χ0) is 8.48. The number of pyridine rings is 1. The van der Waals surface area contributed by atoms with E-state index in [2.05, 4.69) is 17.6 Å². The van der Waals surface area contributed by atoms with Crippen LogP contribution in [0.25, 0.3) is 0 Å². The van der Waals surface area contributed by atoms with Crippen molar-refractivity contribution >= 4 is 22.7 Å². The fourth-order valence-electron chi connectivity index (χ4n) is 0.525. The topological polar surface area (TPSA) is 67.3 Å². The average molecular weight is 191 g/mol. The summed E-state index contributed by atoms with van der Waals surface area (Å²) in [5, 5.41) is 0.400. The standard InChI is InChI=1S/C5H5NO3S2/c7-11(8,9)4-1-2-5(10)6-3-4/h1-3H,(H,6,10)(H,7,8,9). The average Bonchev–Trinajstić information content (AvgIpc) is 1.86. The number of hydrogen-bond donors (Lipinski definition) is 2. The molecule has 0 aliphatic heterocycles. The van der Waals surface area contributed by atoms with E-state index in [4.69, 9.17) is 4.55 Å². The summed E-state index contributed by atoms with van der Waals surface area (Å²) in [5.74, 6) is 0. The minimum Gasteiger partial charge on any atom is -0.282 e. The zero-order valence-electron chi connectivity index (χ0n) is 5.30. The maximum atomic E-state index is 10.4. The molecule has 11 heavy (non-hydrogen) atoms. The van der Waals surface area contributed by atoms with Gasteiger partial charge in [0, 0.05) is 6.20 Å². The lowest BCUT2D eigenvalue weighted by Gasteiger charge is -1.94. The summed E-state index contributed by atoms with van der Waals surface area (Å²) in [7, 11) is -4.12. The van der Waals surface area contributed by atoms with Gasteiger partial charge in [0.15, 0.2) is 0 Å². The molecule has 0 fully saturated rings. The second-order valence-corrected chi connectivity index (χ2v) is 3.71. The van der Waals surface area contributed by atoms with Crippen molar-refractivity contribution in [3.05, 3.63) is 18.3 Å². The van der Waals surface area contributed by atoms with Crippen LogP contribution in [0.1, 0.15) is 0 Å². The van der Waals surface area contributed by atoms with Gasteiger partial charge in [-0.25, -0.2) is 4.98 Å². The van der Waals surface area contributed by atoms with Crippen molar-refractivity contribution in [1.29, 1.82) is 0 Å². The molecule has 0 saturated carbocycles. The molecule has 0 saturated heterocycles. The summed E-state index contributed by atoms with van der Waals surface area (Å²) < 4.78 is 29.4. The van der Waals surface area contributed by atoms with Crippen LogP contribution in [0, 0.1) is 0 Å². The van der Waals surface area contributed by atoms with Crippen molar-refractivity contribution in [2.75, 3.05) is 0 Å². The van der Waals surface area contributed by atoms with E-state index >= 15 is 0 Å². The lowest BCUT2D eigenvalue weighted by molar-refractivity contribution is 0.482. The number of aromatic nitrogens is 1. The highest BCUT2D eigenvalue weighted by Gasteiger charge is 2.07. The van der Waals surface area contributed by atoms with Gasteiger partial charge in [-0.05, 0) is 12.1 Å². The van der Waals surface area contributed by atoms with E-state index in [1.807, 2.05) is 0 Å². The minimum atomic E-state index is -4.12. The maximum Gasteiger partial charge on any atom is 0.296 e. The first kappa shape index (κ1) is 8.51. The molecule has 1 N–H and O–H groups in total. The summed E-state index contributed by atoms with van der Waals surface area (Å²) in [4.78, 5) is 3.34. The smallest absolute Gasteiger partial charge is 0.282 e. The summed E-state index contributed by atoms with van der Waals surface area (Å²) >= 11 is 3.84. The highest BCUT2D eigenvalue weighted by atomic mass is 32.2. The van der Waals surface area contributed by atoms with Crippen LogP contribution in [0.3, 0.4) is 0 Å². The van der Waals surface area contributed by atoms with E-state index in [0.29, 0.717) is 5.03 Å². The van der Waals surface area contributed by atoms with Crippen molar-refractivity contribution in [2.45, 2.75) is 9.92 Å². The summed E-state index contributed by atoms with van der Waals surface area (Å²) in [5.41, 5.74) is 0. The van der Waals surface area contributed by atoms with Crippen LogP contribution >= 0.6 is 12.6 Å². The van der Waals surface area contributed by atoms with Gasteiger partial charge in [0.2, 0.25) is 0 Å².